The van der Waals surface area contributed by atoms with Crippen molar-refractivity contribution in [2.45, 2.75) is 63.2 Å². The molecular formula is C32H38N4O4SSi. The SMILES string of the molecule is Cc1cccc(C)c1-c1cc2nc(n1)NS(=O)(=O)c1cccc(c1)C(O)NCC(c1ccc(CC[Si](C)(C)C)cc1)O2. The number of aromatic nitrogens is 2. The van der Waals surface area contributed by atoms with E-state index in [-0.39, 0.29) is 23.3 Å². The summed E-state index contributed by atoms with van der Waals surface area (Å²) in [5, 5.41) is 14.1. The van der Waals surface area contributed by atoms with Crippen LogP contribution in [-0.4, -0.2) is 38.1 Å². The minimum Gasteiger partial charge on any atom is -0.468 e. The standard InChI is InChI=1S/C32H38N4O4SSi/c1-21-8-6-9-22(2)30(21)27-19-29-35-32(34-27)36-41(38,39)26-11-7-10-25(18-26)31(37)33-20-28(40-29)24-14-12-23(13-15-24)16-17-42(3,4)5/h6-15,18-19,28,31,33,37H,16-17,20H2,1-5H3,(H,34,35,36). The Bertz CT molecular complexity index is 1670. The highest BCUT2D eigenvalue weighted by molar-refractivity contribution is 7.92. The van der Waals surface area contributed by atoms with Crippen molar-refractivity contribution in [3.8, 4) is 17.1 Å². The molecule has 0 radical (unpaired) electrons. The molecule has 2 unspecified atom stereocenters. The van der Waals surface area contributed by atoms with Gasteiger partial charge in [0, 0.05) is 26.2 Å². The molecule has 0 saturated carbocycles. The summed E-state index contributed by atoms with van der Waals surface area (Å²) in [5.74, 6) is 0.124. The minimum atomic E-state index is -4.05. The first-order valence-corrected chi connectivity index (χ1v) is 19.3. The van der Waals surface area contributed by atoms with Crippen molar-refractivity contribution in [3.05, 3.63) is 101 Å². The number of aliphatic hydroxyl groups is 1. The second-order valence-corrected chi connectivity index (χ2v) is 19.4. The topological polar surface area (TPSA) is 113 Å². The molecule has 0 saturated heterocycles. The summed E-state index contributed by atoms with van der Waals surface area (Å²) in [6, 6.07) is 23.4. The number of ether oxygens (including phenoxy) is 1. The number of hydrogen-bond donors (Lipinski definition) is 3. The average Bonchev–Trinajstić information content (AvgIpc) is 2.93. The van der Waals surface area contributed by atoms with Gasteiger partial charge in [0.1, 0.15) is 12.3 Å². The normalized spacial score (nSPS) is 18.5. The Morgan fingerprint density at radius 1 is 0.929 bits per heavy atom. The van der Waals surface area contributed by atoms with Crippen LogP contribution in [0.3, 0.4) is 0 Å². The summed E-state index contributed by atoms with van der Waals surface area (Å²) >= 11 is 0. The highest BCUT2D eigenvalue weighted by Crippen LogP contribution is 2.32. The number of nitrogens with one attached hydrogen (secondary N) is 2. The van der Waals surface area contributed by atoms with Crippen LogP contribution < -0.4 is 14.8 Å². The van der Waals surface area contributed by atoms with Gasteiger partial charge in [-0.2, -0.15) is 4.98 Å². The van der Waals surface area contributed by atoms with Crippen molar-refractivity contribution in [3.63, 3.8) is 0 Å². The molecule has 2 heterocycles. The van der Waals surface area contributed by atoms with Crippen LogP contribution in [0.25, 0.3) is 11.3 Å². The summed E-state index contributed by atoms with van der Waals surface area (Å²) in [6.45, 7) is 11.3. The molecule has 8 nitrogen and oxygen atoms in total. The van der Waals surface area contributed by atoms with Crippen LogP contribution in [0.1, 0.15) is 40.1 Å². The van der Waals surface area contributed by atoms with Crippen LogP contribution in [0, 0.1) is 13.8 Å². The Morgan fingerprint density at radius 2 is 1.62 bits per heavy atom. The average molecular weight is 603 g/mol. The zero-order chi connectivity index (χ0) is 30.1. The molecule has 5 rings (SSSR count). The number of sulfonamides is 1. The Hall–Kier alpha value is -3.57. The number of anilines is 1. The van der Waals surface area contributed by atoms with Crippen molar-refractivity contribution in [2.24, 2.45) is 0 Å². The van der Waals surface area contributed by atoms with Crippen LogP contribution in [0.2, 0.25) is 25.7 Å². The van der Waals surface area contributed by atoms with Gasteiger partial charge in [-0.3, -0.25) is 5.32 Å². The second kappa shape index (κ2) is 12.0. The second-order valence-electron chi connectivity index (χ2n) is 12.1. The van der Waals surface area contributed by atoms with Crippen molar-refractivity contribution >= 4 is 24.0 Å². The maximum absolute atomic E-state index is 13.4. The van der Waals surface area contributed by atoms with E-state index in [9.17, 15) is 13.5 Å². The van der Waals surface area contributed by atoms with Gasteiger partial charge in [-0.05, 0) is 60.2 Å². The molecule has 0 fully saturated rings. The predicted molar refractivity (Wildman–Crippen MR) is 169 cm³/mol. The smallest absolute Gasteiger partial charge is 0.264 e. The first kappa shape index (κ1) is 29.9. The third-order valence-electron chi connectivity index (χ3n) is 7.42. The van der Waals surface area contributed by atoms with Crippen LogP contribution in [0.4, 0.5) is 5.95 Å². The molecule has 10 heteroatoms. The first-order chi connectivity index (χ1) is 19.9. The van der Waals surface area contributed by atoms with Gasteiger partial charge in [0.2, 0.25) is 11.8 Å². The van der Waals surface area contributed by atoms with Crippen molar-refractivity contribution in [1.29, 1.82) is 0 Å². The molecule has 1 aliphatic rings. The van der Waals surface area contributed by atoms with Gasteiger partial charge in [0.05, 0.1) is 10.6 Å². The molecule has 0 aliphatic carbocycles. The fourth-order valence-corrected chi connectivity index (χ4v) is 7.07. The number of fused-ring (bicyclic) bond motifs is 4. The Kier molecular flexibility index (Phi) is 8.52. The van der Waals surface area contributed by atoms with Gasteiger partial charge in [-0.25, -0.2) is 18.1 Å². The number of hydrogen-bond acceptors (Lipinski definition) is 7. The highest BCUT2D eigenvalue weighted by atomic mass is 32.2. The molecule has 220 valence electrons. The largest absolute Gasteiger partial charge is 0.468 e. The molecule has 3 aromatic carbocycles. The van der Waals surface area contributed by atoms with E-state index in [2.05, 4.69) is 51.8 Å². The van der Waals surface area contributed by atoms with E-state index in [1.165, 1.54) is 23.7 Å². The Balaban J connectivity index is 1.59. The lowest BCUT2D eigenvalue weighted by Gasteiger charge is -2.23. The lowest BCUT2D eigenvalue weighted by Crippen LogP contribution is -2.29. The van der Waals surface area contributed by atoms with Crippen LogP contribution in [0.5, 0.6) is 5.88 Å². The van der Waals surface area contributed by atoms with Crippen molar-refractivity contribution in [1.82, 2.24) is 15.3 Å². The van der Waals surface area contributed by atoms with E-state index >= 15 is 0 Å². The molecular weight excluding hydrogens is 565 g/mol. The molecule has 42 heavy (non-hydrogen) atoms. The summed E-state index contributed by atoms with van der Waals surface area (Å²) < 4.78 is 35.7. The van der Waals surface area contributed by atoms with Gasteiger partial charge in [-0.1, -0.05) is 80.3 Å². The van der Waals surface area contributed by atoms with E-state index < -0.39 is 30.4 Å². The zero-order valence-electron chi connectivity index (χ0n) is 24.7. The fraction of sp³-hybridized carbons (Fsp3) is 0.312. The number of aryl methyl sites for hydroxylation is 3. The summed E-state index contributed by atoms with van der Waals surface area (Å²) in [6.07, 6.45) is -0.606. The molecule has 4 aromatic rings. The van der Waals surface area contributed by atoms with Gasteiger partial charge in [-0.15, -0.1) is 0 Å². The molecule has 1 aliphatic heterocycles. The third kappa shape index (κ3) is 7.07. The van der Waals surface area contributed by atoms with Crippen LogP contribution >= 0.6 is 0 Å². The third-order valence-corrected chi connectivity index (χ3v) is 10.5. The van der Waals surface area contributed by atoms with Gasteiger partial charge in [0.25, 0.3) is 10.0 Å². The van der Waals surface area contributed by atoms with E-state index in [0.717, 1.165) is 28.7 Å². The van der Waals surface area contributed by atoms with E-state index in [4.69, 9.17) is 4.74 Å². The Morgan fingerprint density at radius 3 is 2.31 bits per heavy atom. The molecule has 0 amide bonds. The van der Waals surface area contributed by atoms with Crippen LogP contribution in [0.15, 0.2) is 77.7 Å². The molecule has 4 bridgehead atoms. The molecule has 0 spiro atoms. The number of aliphatic hydroxyl groups excluding tert-OH is 1. The van der Waals surface area contributed by atoms with E-state index in [1.54, 1.807) is 18.2 Å². The quantitative estimate of drug-likeness (QED) is 0.235. The summed E-state index contributed by atoms with van der Waals surface area (Å²) in [4.78, 5) is 9.08. The fourth-order valence-electron chi connectivity index (χ4n) is 5.04. The molecule has 1 aromatic heterocycles. The summed E-state index contributed by atoms with van der Waals surface area (Å²) in [5.41, 5.74) is 6.01. The van der Waals surface area contributed by atoms with Crippen molar-refractivity contribution < 1.29 is 18.3 Å². The predicted octanol–water partition coefficient (Wildman–Crippen LogP) is 6.16. The van der Waals surface area contributed by atoms with Gasteiger partial charge < -0.3 is 9.84 Å². The lowest BCUT2D eigenvalue weighted by atomic mass is 10.00. The lowest BCUT2D eigenvalue weighted by molar-refractivity contribution is 0.109. The van der Waals surface area contributed by atoms with Gasteiger partial charge >= 0.3 is 0 Å². The summed E-state index contributed by atoms with van der Waals surface area (Å²) in [7, 11) is -5.22. The zero-order valence-corrected chi connectivity index (χ0v) is 26.5. The Labute approximate surface area is 249 Å². The van der Waals surface area contributed by atoms with Gasteiger partial charge in [0.15, 0.2) is 0 Å². The monoisotopic (exact) mass is 602 g/mol. The molecule has 2 atom stereocenters. The van der Waals surface area contributed by atoms with Crippen LogP contribution in [-0.2, 0) is 16.4 Å². The maximum atomic E-state index is 13.4. The van der Waals surface area contributed by atoms with E-state index in [0.29, 0.717) is 11.3 Å². The maximum Gasteiger partial charge on any atom is 0.264 e. The molecule has 3 N–H and O–H groups in total. The number of benzene rings is 3. The van der Waals surface area contributed by atoms with E-state index in [1.807, 2.05) is 44.2 Å². The number of nitrogens with zero attached hydrogens (tertiary/aromatic N) is 2. The first-order valence-electron chi connectivity index (χ1n) is 14.1. The number of rotatable bonds is 5. The van der Waals surface area contributed by atoms with Crippen molar-refractivity contribution in [2.75, 3.05) is 11.3 Å². The minimum absolute atomic E-state index is 0.00547. The highest BCUT2D eigenvalue weighted by Gasteiger charge is 2.24.